The molecule has 2 unspecified atom stereocenters. The maximum absolute atomic E-state index is 11.5. The number of carbonyl (C=O) groups is 1. The average Bonchev–Trinajstić information content (AvgIpc) is 2.63. The average molecular weight is 244 g/mol. The Kier molecular flexibility index (Phi) is 3.08. The van der Waals surface area contributed by atoms with Gasteiger partial charge in [0.1, 0.15) is 0 Å². The number of likely N-dealkylation sites (tertiary alicyclic amines) is 1. The molecule has 3 rings (SSSR count). The summed E-state index contributed by atoms with van der Waals surface area (Å²) in [7, 11) is 0. The van der Waals surface area contributed by atoms with Crippen molar-refractivity contribution in [3.05, 3.63) is 35.9 Å². The largest absolute Gasteiger partial charge is 0.369 e. The third kappa shape index (κ3) is 2.15. The maximum atomic E-state index is 11.5. The highest BCUT2D eigenvalue weighted by molar-refractivity contribution is 5.77. The van der Waals surface area contributed by atoms with E-state index in [9.17, 15) is 4.79 Å². The van der Waals surface area contributed by atoms with Crippen LogP contribution in [-0.2, 0) is 11.3 Å². The second kappa shape index (κ2) is 4.73. The van der Waals surface area contributed by atoms with E-state index in [4.69, 9.17) is 5.73 Å². The fraction of sp³-hybridized carbons (Fsp3) is 0.533. The molecule has 0 aromatic heterocycles. The van der Waals surface area contributed by atoms with Crippen molar-refractivity contribution >= 4 is 5.91 Å². The lowest BCUT2D eigenvalue weighted by Gasteiger charge is -2.36. The number of benzene rings is 1. The molecule has 3 nitrogen and oxygen atoms in total. The van der Waals surface area contributed by atoms with Crippen molar-refractivity contribution in [3.8, 4) is 0 Å². The molecule has 1 heterocycles. The van der Waals surface area contributed by atoms with E-state index in [0.717, 1.165) is 19.6 Å². The Balaban J connectivity index is 1.67. The van der Waals surface area contributed by atoms with Crippen LogP contribution in [0, 0.1) is 17.8 Å². The Bertz CT molecular complexity index is 417. The Morgan fingerprint density at radius 1 is 1.17 bits per heavy atom. The van der Waals surface area contributed by atoms with Gasteiger partial charge in [0.15, 0.2) is 0 Å². The first kappa shape index (κ1) is 11.7. The number of primary amides is 1. The monoisotopic (exact) mass is 244 g/mol. The number of nitrogens with two attached hydrogens (primary N) is 1. The van der Waals surface area contributed by atoms with Gasteiger partial charge < -0.3 is 5.73 Å². The van der Waals surface area contributed by atoms with E-state index < -0.39 is 0 Å². The van der Waals surface area contributed by atoms with Crippen molar-refractivity contribution in [1.82, 2.24) is 4.90 Å². The normalized spacial score (nSPS) is 31.4. The molecule has 3 heteroatoms. The van der Waals surface area contributed by atoms with Gasteiger partial charge in [0, 0.05) is 25.6 Å². The van der Waals surface area contributed by atoms with Gasteiger partial charge in [-0.25, -0.2) is 0 Å². The molecule has 2 atom stereocenters. The van der Waals surface area contributed by atoms with E-state index in [1.807, 2.05) is 6.07 Å². The minimum atomic E-state index is -0.0816. The molecule has 1 aromatic rings. The minimum Gasteiger partial charge on any atom is -0.369 e. The van der Waals surface area contributed by atoms with Gasteiger partial charge in [0.25, 0.3) is 0 Å². The van der Waals surface area contributed by atoms with Crippen LogP contribution < -0.4 is 5.73 Å². The van der Waals surface area contributed by atoms with Gasteiger partial charge in [-0.2, -0.15) is 0 Å². The van der Waals surface area contributed by atoms with Gasteiger partial charge in [-0.15, -0.1) is 0 Å². The number of nitrogens with zero attached hydrogens (tertiary/aromatic N) is 1. The van der Waals surface area contributed by atoms with Crippen molar-refractivity contribution in [2.45, 2.75) is 19.4 Å². The molecule has 2 aliphatic rings. The molecule has 0 radical (unpaired) electrons. The number of amides is 1. The lowest BCUT2D eigenvalue weighted by Crippen LogP contribution is -2.46. The number of fused-ring (bicyclic) bond motifs is 2. The molecule has 0 spiro atoms. The van der Waals surface area contributed by atoms with E-state index >= 15 is 0 Å². The zero-order chi connectivity index (χ0) is 12.5. The molecule has 1 saturated carbocycles. The summed E-state index contributed by atoms with van der Waals surface area (Å²) in [5.41, 5.74) is 6.88. The Labute approximate surface area is 108 Å². The van der Waals surface area contributed by atoms with E-state index in [0.29, 0.717) is 11.8 Å². The fourth-order valence-corrected chi connectivity index (χ4v) is 3.76. The predicted octanol–water partition coefficient (Wildman–Crippen LogP) is 1.63. The van der Waals surface area contributed by atoms with Gasteiger partial charge in [-0.1, -0.05) is 30.3 Å². The topological polar surface area (TPSA) is 46.3 Å². The molecule has 1 aromatic carbocycles. The summed E-state index contributed by atoms with van der Waals surface area (Å²) in [6.07, 6.45) is 2.34. The summed E-state index contributed by atoms with van der Waals surface area (Å²) in [5.74, 6) is 1.04. The molecular weight excluding hydrogens is 224 g/mol. The lowest BCUT2D eigenvalue weighted by molar-refractivity contribution is -0.126. The van der Waals surface area contributed by atoms with Crippen molar-refractivity contribution in [1.29, 1.82) is 0 Å². The zero-order valence-electron chi connectivity index (χ0n) is 10.6. The maximum Gasteiger partial charge on any atom is 0.221 e. The van der Waals surface area contributed by atoms with Crippen LogP contribution in [0.1, 0.15) is 18.4 Å². The van der Waals surface area contributed by atoms with Crippen molar-refractivity contribution in [2.75, 3.05) is 13.1 Å². The number of rotatable bonds is 3. The Hall–Kier alpha value is -1.35. The summed E-state index contributed by atoms with van der Waals surface area (Å²) in [4.78, 5) is 14.0. The number of piperidine rings is 1. The number of hydrogen-bond donors (Lipinski definition) is 1. The first-order chi connectivity index (χ1) is 8.74. The van der Waals surface area contributed by atoms with Crippen LogP contribution in [0.25, 0.3) is 0 Å². The summed E-state index contributed by atoms with van der Waals surface area (Å²) < 4.78 is 0. The highest BCUT2D eigenvalue weighted by Gasteiger charge is 2.44. The SMILES string of the molecule is NC(=O)C1C2CCC1CN(Cc1ccccc1)C2. The van der Waals surface area contributed by atoms with Gasteiger partial charge in [-0.3, -0.25) is 9.69 Å². The molecule has 1 aliphatic carbocycles. The van der Waals surface area contributed by atoms with Crippen LogP contribution in [0.3, 0.4) is 0 Å². The van der Waals surface area contributed by atoms with Crippen LogP contribution in [-0.4, -0.2) is 23.9 Å². The van der Waals surface area contributed by atoms with Crippen LogP contribution in [0.5, 0.6) is 0 Å². The molecular formula is C15H20N2O. The van der Waals surface area contributed by atoms with Crippen LogP contribution in [0.4, 0.5) is 0 Å². The third-order valence-electron chi connectivity index (χ3n) is 4.49. The van der Waals surface area contributed by atoms with Crippen LogP contribution in [0.15, 0.2) is 30.3 Å². The molecule has 1 aliphatic heterocycles. The van der Waals surface area contributed by atoms with E-state index in [1.54, 1.807) is 0 Å². The summed E-state index contributed by atoms with van der Waals surface area (Å²) in [6, 6.07) is 10.6. The molecule has 2 bridgehead atoms. The summed E-state index contributed by atoms with van der Waals surface area (Å²) >= 11 is 0. The van der Waals surface area contributed by atoms with Crippen LogP contribution >= 0.6 is 0 Å². The fourth-order valence-electron chi connectivity index (χ4n) is 3.76. The van der Waals surface area contributed by atoms with Gasteiger partial charge >= 0.3 is 0 Å². The van der Waals surface area contributed by atoms with Gasteiger partial charge in [0.05, 0.1) is 0 Å². The molecule has 2 fully saturated rings. The second-order valence-corrected chi connectivity index (χ2v) is 5.71. The molecule has 96 valence electrons. The Morgan fingerprint density at radius 3 is 2.33 bits per heavy atom. The van der Waals surface area contributed by atoms with Crippen molar-refractivity contribution in [3.63, 3.8) is 0 Å². The predicted molar refractivity (Wildman–Crippen MR) is 70.6 cm³/mol. The summed E-state index contributed by atoms with van der Waals surface area (Å²) in [6.45, 7) is 3.05. The van der Waals surface area contributed by atoms with E-state index in [1.165, 1.54) is 18.4 Å². The minimum absolute atomic E-state index is 0.0816. The third-order valence-corrected chi connectivity index (χ3v) is 4.49. The van der Waals surface area contributed by atoms with Crippen molar-refractivity contribution < 1.29 is 4.79 Å². The Morgan fingerprint density at radius 2 is 1.78 bits per heavy atom. The smallest absolute Gasteiger partial charge is 0.221 e. The molecule has 1 amide bonds. The molecule has 18 heavy (non-hydrogen) atoms. The molecule has 2 N–H and O–H groups in total. The van der Waals surface area contributed by atoms with Gasteiger partial charge in [0.2, 0.25) is 5.91 Å². The van der Waals surface area contributed by atoms with E-state index in [-0.39, 0.29) is 11.8 Å². The zero-order valence-corrected chi connectivity index (χ0v) is 10.6. The van der Waals surface area contributed by atoms with Crippen LogP contribution in [0.2, 0.25) is 0 Å². The van der Waals surface area contributed by atoms with Crippen molar-refractivity contribution in [2.24, 2.45) is 23.5 Å². The number of carbonyl (C=O) groups excluding carboxylic acids is 1. The highest BCUT2D eigenvalue weighted by Crippen LogP contribution is 2.41. The lowest BCUT2D eigenvalue weighted by atomic mass is 9.84. The first-order valence-corrected chi connectivity index (χ1v) is 6.79. The summed E-state index contributed by atoms with van der Waals surface area (Å²) in [5, 5.41) is 0. The first-order valence-electron chi connectivity index (χ1n) is 6.79. The second-order valence-electron chi connectivity index (χ2n) is 5.71. The highest BCUT2D eigenvalue weighted by atomic mass is 16.1. The number of hydrogen-bond acceptors (Lipinski definition) is 2. The quantitative estimate of drug-likeness (QED) is 0.878. The van der Waals surface area contributed by atoms with E-state index in [2.05, 4.69) is 29.2 Å². The van der Waals surface area contributed by atoms with Gasteiger partial charge in [-0.05, 0) is 30.2 Å². The molecule has 1 saturated heterocycles. The standard InChI is InChI=1S/C15H20N2O/c16-15(18)14-12-6-7-13(14)10-17(9-12)8-11-4-2-1-3-5-11/h1-5,12-14H,6-10H2,(H2,16,18).